The van der Waals surface area contributed by atoms with Crippen LogP contribution in [0.1, 0.15) is 12.8 Å². The van der Waals surface area contributed by atoms with Crippen LogP contribution in [0.25, 0.3) is 0 Å². The minimum absolute atomic E-state index is 0.352. The number of carbonyl (C=O) groups excluding carboxylic acids is 1. The lowest BCUT2D eigenvalue weighted by Crippen LogP contribution is -1.93. The van der Waals surface area contributed by atoms with E-state index >= 15 is 0 Å². The molecule has 0 amide bonds. The molecule has 0 aromatic carbocycles. The molecule has 1 saturated carbocycles. The van der Waals surface area contributed by atoms with E-state index < -0.39 is 0 Å². The van der Waals surface area contributed by atoms with Crippen LogP contribution in [0.3, 0.4) is 0 Å². The fourth-order valence-electron chi connectivity index (χ4n) is 1.50. The molecule has 9 heavy (non-hydrogen) atoms. The molecule has 0 aliphatic heterocycles. The summed E-state index contributed by atoms with van der Waals surface area (Å²) in [7, 11) is 0. The average molecular weight is 120 g/mol. The molecule has 0 saturated heterocycles. The number of carbonyl (C=O) groups is 1. The predicted molar refractivity (Wildman–Crippen MR) is 35.0 cm³/mol. The van der Waals surface area contributed by atoms with Gasteiger partial charge in [0.05, 0.1) is 0 Å². The smallest absolute Gasteiger partial charge is 0.159 e. The third-order valence-corrected chi connectivity index (χ3v) is 2.02. The summed E-state index contributed by atoms with van der Waals surface area (Å²) in [6, 6.07) is 0. The first-order valence-corrected chi connectivity index (χ1v) is 3.29. The number of Topliss-reactive ketones (excluding diaryl/α,β-unsaturated/α-hetero) is 1. The molecule has 0 aromatic rings. The largest absolute Gasteiger partial charge is 0.295 e. The van der Waals surface area contributed by atoms with Crippen molar-refractivity contribution in [3.05, 3.63) is 23.8 Å². The highest BCUT2D eigenvalue weighted by molar-refractivity contribution is 5.99. The van der Waals surface area contributed by atoms with E-state index in [2.05, 4.69) is 6.08 Å². The van der Waals surface area contributed by atoms with Crippen molar-refractivity contribution in [3.63, 3.8) is 0 Å². The van der Waals surface area contributed by atoms with E-state index in [4.69, 9.17) is 0 Å². The van der Waals surface area contributed by atoms with Crippen molar-refractivity contribution in [2.45, 2.75) is 12.8 Å². The Morgan fingerprint density at radius 2 is 2.44 bits per heavy atom. The molecular weight excluding hydrogens is 112 g/mol. The summed E-state index contributed by atoms with van der Waals surface area (Å²) < 4.78 is 0. The zero-order valence-electron chi connectivity index (χ0n) is 5.13. The molecule has 2 aliphatic carbocycles. The SMILES string of the molecule is O=C1CC[C@@H]2C=CC=C12. The van der Waals surface area contributed by atoms with E-state index in [1.165, 1.54) is 0 Å². The lowest BCUT2D eigenvalue weighted by molar-refractivity contribution is -0.114. The van der Waals surface area contributed by atoms with Crippen LogP contribution in [-0.2, 0) is 4.79 Å². The van der Waals surface area contributed by atoms with Crippen LogP contribution in [0.4, 0.5) is 0 Å². The van der Waals surface area contributed by atoms with E-state index in [1.807, 2.05) is 12.2 Å². The quantitative estimate of drug-likeness (QED) is 0.473. The summed E-state index contributed by atoms with van der Waals surface area (Å²) in [5.41, 5.74) is 1.04. The van der Waals surface area contributed by atoms with Gasteiger partial charge in [-0.25, -0.2) is 0 Å². The molecular formula is C8H8O. The van der Waals surface area contributed by atoms with E-state index in [1.54, 1.807) is 0 Å². The first-order chi connectivity index (χ1) is 4.38. The van der Waals surface area contributed by atoms with Gasteiger partial charge in [-0.05, 0) is 6.42 Å². The number of allylic oxidation sites excluding steroid dienone is 4. The lowest BCUT2D eigenvalue weighted by atomic mass is 10.1. The zero-order chi connectivity index (χ0) is 6.27. The Labute approximate surface area is 54.1 Å². The summed E-state index contributed by atoms with van der Waals surface area (Å²) in [5, 5.41) is 0. The third kappa shape index (κ3) is 0.576. The lowest BCUT2D eigenvalue weighted by Gasteiger charge is -1.94. The fraction of sp³-hybridized carbons (Fsp3) is 0.375. The Morgan fingerprint density at radius 1 is 1.56 bits per heavy atom. The first-order valence-electron chi connectivity index (χ1n) is 3.29. The van der Waals surface area contributed by atoms with E-state index in [9.17, 15) is 4.79 Å². The van der Waals surface area contributed by atoms with Crippen molar-refractivity contribution < 1.29 is 4.79 Å². The molecule has 1 atom stereocenters. The second-order valence-corrected chi connectivity index (χ2v) is 2.58. The van der Waals surface area contributed by atoms with Gasteiger partial charge in [-0.3, -0.25) is 4.79 Å². The molecule has 0 heterocycles. The molecule has 1 nitrogen and oxygen atoms in total. The maximum absolute atomic E-state index is 10.9. The van der Waals surface area contributed by atoms with Gasteiger partial charge in [0.1, 0.15) is 0 Å². The molecule has 46 valence electrons. The normalized spacial score (nSPS) is 30.9. The third-order valence-electron chi connectivity index (χ3n) is 2.02. The maximum atomic E-state index is 10.9. The molecule has 1 fully saturated rings. The first kappa shape index (κ1) is 4.98. The van der Waals surface area contributed by atoms with E-state index in [-0.39, 0.29) is 0 Å². The minimum atomic E-state index is 0.352. The molecule has 0 unspecified atom stereocenters. The number of hydrogen-bond donors (Lipinski definition) is 0. The molecule has 0 aromatic heterocycles. The van der Waals surface area contributed by atoms with Gasteiger partial charge in [-0.2, -0.15) is 0 Å². The average Bonchev–Trinajstić information content (AvgIpc) is 2.35. The predicted octanol–water partition coefficient (Wildman–Crippen LogP) is 1.46. The maximum Gasteiger partial charge on any atom is 0.159 e. The van der Waals surface area contributed by atoms with Gasteiger partial charge in [-0.1, -0.05) is 18.2 Å². The van der Waals surface area contributed by atoms with Crippen molar-refractivity contribution in [3.8, 4) is 0 Å². The minimum Gasteiger partial charge on any atom is -0.295 e. The van der Waals surface area contributed by atoms with Crippen LogP contribution in [-0.4, -0.2) is 5.78 Å². The van der Waals surface area contributed by atoms with Crippen molar-refractivity contribution in [1.82, 2.24) is 0 Å². The van der Waals surface area contributed by atoms with Crippen molar-refractivity contribution in [2.24, 2.45) is 5.92 Å². The Bertz CT molecular complexity index is 211. The van der Waals surface area contributed by atoms with Gasteiger partial charge in [0.15, 0.2) is 5.78 Å². The second kappa shape index (κ2) is 1.56. The van der Waals surface area contributed by atoms with Gasteiger partial charge in [-0.15, -0.1) is 0 Å². The Morgan fingerprint density at radius 3 is 3.22 bits per heavy atom. The summed E-state index contributed by atoms with van der Waals surface area (Å²) in [6.07, 6.45) is 7.85. The Hall–Kier alpha value is -0.850. The summed E-state index contributed by atoms with van der Waals surface area (Å²) in [4.78, 5) is 10.9. The second-order valence-electron chi connectivity index (χ2n) is 2.58. The van der Waals surface area contributed by atoms with Gasteiger partial charge >= 0.3 is 0 Å². The number of ketones is 1. The number of fused-ring (bicyclic) bond motifs is 1. The fourth-order valence-corrected chi connectivity index (χ4v) is 1.50. The molecule has 1 heteroatoms. The Kier molecular flexibility index (Phi) is 0.865. The molecule has 0 N–H and O–H groups in total. The van der Waals surface area contributed by atoms with Crippen molar-refractivity contribution in [1.29, 1.82) is 0 Å². The summed E-state index contributed by atoms with van der Waals surface area (Å²) in [6.45, 7) is 0. The topological polar surface area (TPSA) is 17.1 Å². The van der Waals surface area contributed by atoms with Crippen molar-refractivity contribution in [2.75, 3.05) is 0 Å². The zero-order valence-corrected chi connectivity index (χ0v) is 5.13. The Balaban J connectivity index is 2.38. The molecule has 0 radical (unpaired) electrons. The molecule has 2 rings (SSSR count). The van der Waals surface area contributed by atoms with Gasteiger partial charge < -0.3 is 0 Å². The summed E-state index contributed by atoms with van der Waals surface area (Å²) >= 11 is 0. The summed E-state index contributed by atoms with van der Waals surface area (Å²) in [5.74, 6) is 0.836. The van der Waals surface area contributed by atoms with Crippen LogP contribution in [0.5, 0.6) is 0 Å². The van der Waals surface area contributed by atoms with Crippen LogP contribution in [0.15, 0.2) is 23.8 Å². The van der Waals surface area contributed by atoms with Crippen LogP contribution >= 0.6 is 0 Å². The molecule has 0 bridgehead atoms. The standard InChI is InChI=1S/C8H8O/c9-8-5-4-6-2-1-3-7(6)8/h1-3,6H,4-5H2/t6-/m0/s1. The van der Waals surface area contributed by atoms with Gasteiger partial charge in [0, 0.05) is 17.9 Å². The van der Waals surface area contributed by atoms with Crippen LogP contribution < -0.4 is 0 Å². The van der Waals surface area contributed by atoms with Crippen LogP contribution in [0, 0.1) is 5.92 Å². The molecule has 0 spiro atoms. The highest BCUT2D eigenvalue weighted by Gasteiger charge is 2.27. The van der Waals surface area contributed by atoms with E-state index in [0.29, 0.717) is 11.7 Å². The highest BCUT2D eigenvalue weighted by atomic mass is 16.1. The molecule has 2 aliphatic rings. The van der Waals surface area contributed by atoms with Gasteiger partial charge in [0.2, 0.25) is 0 Å². The van der Waals surface area contributed by atoms with Gasteiger partial charge in [0.25, 0.3) is 0 Å². The van der Waals surface area contributed by atoms with E-state index in [0.717, 1.165) is 18.4 Å². The highest BCUT2D eigenvalue weighted by Crippen LogP contribution is 2.32. The number of rotatable bonds is 0. The number of hydrogen-bond acceptors (Lipinski definition) is 1. The monoisotopic (exact) mass is 120 g/mol. The van der Waals surface area contributed by atoms with Crippen LogP contribution in [0.2, 0.25) is 0 Å². The van der Waals surface area contributed by atoms with Crippen molar-refractivity contribution >= 4 is 5.78 Å².